The molecule has 0 amide bonds. The number of hydrogen-bond donors (Lipinski definition) is 0. The van der Waals surface area contributed by atoms with Crippen LogP contribution in [0.1, 0.15) is 19.3 Å². The highest BCUT2D eigenvalue weighted by atomic mass is 32.3. The van der Waals surface area contributed by atoms with Gasteiger partial charge in [-0.05, 0) is 19.3 Å². The summed E-state index contributed by atoms with van der Waals surface area (Å²) >= 11 is 0. The molecule has 1 spiro atoms. The molecule has 0 aromatic heterocycles. The Morgan fingerprint density at radius 2 is 2.00 bits per heavy atom. The normalized spacial score (nSPS) is 30.9. The maximum atomic E-state index is 12.5. The van der Waals surface area contributed by atoms with Crippen LogP contribution in [0.15, 0.2) is 0 Å². The van der Waals surface area contributed by atoms with E-state index in [1.54, 1.807) is 0 Å². The lowest BCUT2D eigenvalue weighted by atomic mass is 9.78. The van der Waals surface area contributed by atoms with Gasteiger partial charge in [-0.1, -0.05) is 0 Å². The third kappa shape index (κ3) is 2.89. The average Bonchev–Trinajstić information content (AvgIpc) is 2.47. The Labute approximate surface area is 89.0 Å². The molecule has 2 aliphatic rings. The van der Waals surface area contributed by atoms with Crippen LogP contribution in [-0.2, 0) is 19.7 Å². The van der Waals surface area contributed by atoms with Crippen LogP contribution in [-0.4, -0.2) is 40.1 Å². The van der Waals surface area contributed by atoms with Crippen molar-refractivity contribution in [3.8, 4) is 0 Å². The molecule has 2 heterocycles. The van der Waals surface area contributed by atoms with Crippen molar-refractivity contribution >= 4 is 10.2 Å². The molecule has 0 saturated carbocycles. The first kappa shape index (κ1) is 11.3. The van der Waals surface area contributed by atoms with E-state index in [9.17, 15) is 12.3 Å². The van der Waals surface area contributed by atoms with Crippen LogP contribution >= 0.6 is 0 Å². The fourth-order valence-corrected chi connectivity index (χ4v) is 3.04. The molecule has 0 aromatic carbocycles. The summed E-state index contributed by atoms with van der Waals surface area (Å²) in [6, 6.07) is 0. The molecule has 0 aliphatic carbocycles. The van der Waals surface area contributed by atoms with Crippen LogP contribution in [0.4, 0.5) is 3.89 Å². The molecule has 0 radical (unpaired) electrons. The zero-order valence-corrected chi connectivity index (χ0v) is 9.26. The Balaban J connectivity index is 1.93. The highest BCUT2D eigenvalue weighted by Crippen LogP contribution is 2.41. The molecule has 1 unspecified atom stereocenters. The molecule has 2 saturated heterocycles. The number of ether oxygens (including phenoxy) is 2. The van der Waals surface area contributed by atoms with Gasteiger partial charge in [0.25, 0.3) is 0 Å². The van der Waals surface area contributed by atoms with Gasteiger partial charge in [-0.15, -0.1) is 3.89 Å². The molecular weight excluding hydrogens is 223 g/mol. The van der Waals surface area contributed by atoms with Crippen LogP contribution in [0.2, 0.25) is 0 Å². The summed E-state index contributed by atoms with van der Waals surface area (Å²) in [6.45, 7) is 1.92. The largest absolute Gasteiger partial charge is 0.381 e. The smallest absolute Gasteiger partial charge is 0.304 e. The third-order valence-corrected chi connectivity index (χ3v) is 3.99. The monoisotopic (exact) mass is 238 g/mol. The number of halogens is 1. The first-order valence-corrected chi connectivity index (χ1v) is 6.66. The van der Waals surface area contributed by atoms with Crippen LogP contribution in [0, 0.1) is 5.41 Å². The zero-order chi connectivity index (χ0) is 10.9. The quantitative estimate of drug-likeness (QED) is 0.670. The summed E-state index contributed by atoms with van der Waals surface area (Å²) in [5.74, 6) is -0.504. The SMILES string of the molecule is O=S(=O)(F)CC1CC2(CCOCC2)CO1. The lowest BCUT2D eigenvalue weighted by molar-refractivity contribution is 0.00749. The second-order valence-corrected chi connectivity index (χ2v) is 5.87. The standard InChI is InChI=1S/C9H15FO4S/c10-15(11,12)6-8-5-9(7-14-8)1-3-13-4-2-9/h8H,1-7H2. The molecule has 2 rings (SSSR count). The first-order valence-electron chi connectivity index (χ1n) is 5.11. The second-order valence-electron chi connectivity index (χ2n) is 4.46. The first-order chi connectivity index (χ1) is 6.99. The summed E-state index contributed by atoms with van der Waals surface area (Å²) in [4.78, 5) is 0. The Morgan fingerprint density at radius 3 is 2.60 bits per heavy atom. The molecule has 6 heteroatoms. The second kappa shape index (κ2) is 3.99. The van der Waals surface area contributed by atoms with Crippen molar-refractivity contribution in [3.05, 3.63) is 0 Å². The van der Waals surface area contributed by atoms with Gasteiger partial charge >= 0.3 is 10.2 Å². The van der Waals surface area contributed by atoms with Crippen molar-refractivity contribution in [2.45, 2.75) is 25.4 Å². The predicted octanol–water partition coefficient (Wildman–Crippen LogP) is 0.871. The van der Waals surface area contributed by atoms with Gasteiger partial charge in [0.05, 0.1) is 12.7 Å². The topological polar surface area (TPSA) is 52.6 Å². The molecule has 2 fully saturated rings. The number of hydrogen-bond acceptors (Lipinski definition) is 4. The van der Waals surface area contributed by atoms with Gasteiger partial charge in [-0.25, -0.2) is 0 Å². The van der Waals surface area contributed by atoms with Crippen LogP contribution < -0.4 is 0 Å². The van der Waals surface area contributed by atoms with Gasteiger partial charge in [-0.2, -0.15) is 8.42 Å². The van der Waals surface area contributed by atoms with E-state index in [-0.39, 0.29) is 5.41 Å². The lowest BCUT2D eigenvalue weighted by Crippen LogP contribution is -2.30. The van der Waals surface area contributed by atoms with Crippen LogP contribution in [0.5, 0.6) is 0 Å². The van der Waals surface area contributed by atoms with Crippen molar-refractivity contribution in [1.29, 1.82) is 0 Å². The molecule has 4 nitrogen and oxygen atoms in total. The van der Waals surface area contributed by atoms with E-state index in [0.717, 1.165) is 12.8 Å². The van der Waals surface area contributed by atoms with Gasteiger partial charge in [0.1, 0.15) is 5.75 Å². The molecule has 0 aromatic rings. The summed E-state index contributed by atoms with van der Waals surface area (Å²) in [6.07, 6.45) is 1.93. The van der Waals surface area contributed by atoms with Gasteiger partial charge in [0.15, 0.2) is 0 Å². The highest BCUT2D eigenvalue weighted by molar-refractivity contribution is 7.86. The van der Waals surface area contributed by atoms with Crippen molar-refractivity contribution < 1.29 is 21.8 Å². The third-order valence-electron chi connectivity index (χ3n) is 3.22. The minimum atomic E-state index is -4.42. The lowest BCUT2D eigenvalue weighted by Gasteiger charge is -2.31. The Kier molecular flexibility index (Phi) is 3.00. The Hall–Kier alpha value is -0.200. The van der Waals surface area contributed by atoms with Crippen LogP contribution in [0.3, 0.4) is 0 Å². The van der Waals surface area contributed by atoms with E-state index >= 15 is 0 Å². The van der Waals surface area contributed by atoms with Crippen molar-refractivity contribution in [1.82, 2.24) is 0 Å². The Bertz CT molecular complexity index is 321. The maximum Gasteiger partial charge on any atom is 0.304 e. The van der Waals surface area contributed by atoms with Gasteiger partial charge in [-0.3, -0.25) is 0 Å². The summed E-state index contributed by atoms with van der Waals surface area (Å²) in [7, 11) is -4.42. The maximum absolute atomic E-state index is 12.5. The van der Waals surface area contributed by atoms with Gasteiger partial charge < -0.3 is 9.47 Å². The van der Waals surface area contributed by atoms with E-state index in [4.69, 9.17) is 9.47 Å². The molecule has 15 heavy (non-hydrogen) atoms. The zero-order valence-electron chi connectivity index (χ0n) is 8.45. The van der Waals surface area contributed by atoms with Gasteiger partial charge in [0, 0.05) is 18.6 Å². The van der Waals surface area contributed by atoms with E-state index in [0.29, 0.717) is 26.2 Å². The average molecular weight is 238 g/mol. The van der Waals surface area contributed by atoms with E-state index < -0.39 is 22.1 Å². The summed E-state index contributed by atoms with van der Waals surface area (Å²) in [5.41, 5.74) is 0.0353. The molecule has 2 aliphatic heterocycles. The van der Waals surface area contributed by atoms with E-state index in [2.05, 4.69) is 0 Å². The van der Waals surface area contributed by atoms with Crippen molar-refractivity contribution in [2.24, 2.45) is 5.41 Å². The highest BCUT2D eigenvalue weighted by Gasteiger charge is 2.42. The van der Waals surface area contributed by atoms with Gasteiger partial charge in [0.2, 0.25) is 0 Å². The summed E-state index contributed by atoms with van der Waals surface area (Å²) in [5, 5.41) is 0. The minimum Gasteiger partial charge on any atom is -0.381 e. The van der Waals surface area contributed by atoms with Crippen LogP contribution in [0.25, 0.3) is 0 Å². The van der Waals surface area contributed by atoms with E-state index in [1.165, 1.54) is 0 Å². The van der Waals surface area contributed by atoms with Crippen molar-refractivity contribution in [3.63, 3.8) is 0 Å². The molecule has 1 atom stereocenters. The molecule has 88 valence electrons. The Morgan fingerprint density at radius 1 is 1.33 bits per heavy atom. The van der Waals surface area contributed by atoms with Crippen molar-refractivity contribution in [2.75, 3.05) is 25.6 Å². The minimum absolute atomic E-state index is 0.0353. The summed E-state index contributed by atoms with van der Waals surface area (Å²) < 4.78 is 44.0. The molecule has 0 bridgehead atoms. The molecular formula is C9H15FO4S. The predicted molar refractivity (Wildman–Crippen MR) is 51.7 cm³/mol. The fourth-order valence-electron chi connectivity index (χ4n) is 2.38. The molecule has 0 N–H and O–H groups in total. The fraction of sp³-hybridized carbons (Fsp3) is 1.00. The number of rotatable bonds is 2. The van der Waals surface area contributed by atoms with E-state index in [1.807, 2.05) is 0 Å².